The summed E-state index contributed by atoms with van der Waals surface area (Å²) in [5.74, 6) is 0.622. The highest BCUT2D eigenvalue weighted by Gasteiger charge is 2.15. The van der Waals surface area contributed by atoms with Gasteiger partial charge in [-0.1, -0.05) is 48.5 Å². The molecule has 3 aromatic heterocycles. The van der Waals surface area contributed by atoms with Crippen molar-refractivity contribution < 1.29 is 9.18 Å². The molecule has 0 aliphatic heterocycles. The summed E-state index contributed by atoms with van der Waals surface area (Å²) in [6.45, 7) is 2.64. The molecule has 6 rings (SSSR count). The van der Waals surface area contributed by atoms with E-state index in [1.807, 2.05) is 61.7 Å². The van der Waals surface area contributed by atoms with Crippen LogP contribution in [0.1, 0.15) is 27.3 Å². The molecule has 0 amide bonds. The number of ketones is 1. The molecule has 3 heterocycles. The number of fused-ring (bicyclic) bond motifs is 2. The predicted octanol–water partition coefficient (Wildman–Crippen LogP) is 6.31. The molecule has 170 valence electrons. The van der Waals surface area contributed by atoms with Crippen molar-refractivity contribution in [1.29, 1.82) is 0 Å². The molecular formula is C29H21FN4O. The number of benzene rings is 3. The molecule has 0 unspecified atom stereocenters. The quantitative estimate of drug-likeness (QED) is 0.307. The van der Waals surface area contributed by atoms with E-state index in [1.165, 1.54) is 12.1 Å². The lowest BCUT2D eigenvalue weighted by molar-refractivity contribution is 0.104. The Morgan fingerprint density at radius 1 is 0.971 bits per heavy atom. The zero-order chi connectivity index (χ0) is 23.9. The summed E-state index contributed by atoms with van der Waals surface area (Å²) in [6, 6.07) is 21.9. The first-order chi connectivity index (χ1) is 17.1. The van der Waals surface area contributed by atoms with Gasteiger partial charge >= 0.3 is 0 Å². The number of carbonyl (C=O) groups excluding carboxylic acids is 1. The lowest BCUT2D eigenvalue weighted by atomic mass is 9.99. The SMILES string of the molecule is Cc1nc2ccncc2n1Cc1ccc(C(=O)c2c[nH]c3cc(-c4ccc(F)cc4)ccc23)cc1. The maximum absolute atomic E-state index is 13.3. The van der Waals surface area contributed by atoms with Gasteiger partial charge in [-0.05, 0) is 47.9 Å². The van der Waals surface area contributed by atoms with Gasteiger partial charge in [0.25, 0.3) is 0 Å². The number of H-pyrrole nitrogens is 1. The standard InChI is InChI=1S/C29H21FN4O/c1-18-33-26-12-13-31-16-28(26)34(18)17-19-2-4-21(5-3-19)29(35)25-15-32-27-14-22(8-11-24(25)27)20-6-9-23(30)10-7-20/h2-16,32H,17H2,1H3. The van der Waals surface area contributed by atoms with E-state index >= 15 is 0 Å². The molecule has 35 heavy (non-hydrogen) atoms. The molecule has 0 aliphatic carbocycles. The van der Waals surface area contributed by atoms with Crippen molar-refractivity contribution >= 4 is 27.7 Å². The van der Waals surface area contributed by atoms with Gasteiger partial charge in [0.15, 0.2) is 5.78 Å². The molecule has 1 N–H and O–H groups in total. The Balaban J connectivity index is 1.26. The van der Waals surface area contributed by atoms with Crippen LogP contribution >= 0.6 is 0 Å². The Hall–Kier alpha value is -4.58. The number of hydrogen-bond donors (Lipinski definition) is 1. The van der Waals surface area contributed by atoms with Gasteiger partial charge in [-0.15, -0.1) is 0 Å². The normalized spacial score (nSPS) is 11.4. The number of hydrogen-bond acceptors (Lipinski definition) is 3. The van der Waals surface area contributed by atoms with Crippen molar-refractivity contribution in [2.75, 3.05) is 0 Å². The van der Waals surface area contributed by atoms with Crippen molar-refractivity contribution in [2.45, 2.75) is 13.5 Å². The topological polar surface area (TPSA) is 63.6 Å². The number of nitrogens with zero attached hydrogens (tertiary/aromatic N) is 3. The number of imidazole rings is 1. The van der Waals surface area contributed by atoms with Gasteiger partial charge in [-0.25, -0.2) is 9.37 Å². The highest BCUT2D eigenvalue weighted by molar-refractivity contribution is 6.16. The molecule has 0 saturated carbocycles. The average Bonchev–Trinajstić information content (AvgIpc) is 3.45. The Kier molecular flexibility index (Phi) is 4.99. The molecule has 0 radical (unpaired) electrons. The van der Waals surface area contributed by atoms with E-state index < -0.39 is 0 Å². The van der Waals surface area contributed by atoms with E-state index in [2.05, 4.69) is 19.5 Å². The Labute approximate surface area is 200 Å². The van der Waals surface area contributed by atoms with E-state index in [-0.39, 0.29) is 11.6 Å². The van der Waals surface area contributed by atoms with Gasteiger partial charge in [0.05, 0.1) is 17.2 Å². The number of aromatic nitrogens is 4. The fourth-order valence-corrected chi connectivity index (χ4v) is 4.53. The maximum Gasteiger partial charge on any atom is 0.195 e. The minimum atomic E-state index is -0.265. The number of nitrogens with one attached hydrogen (secondary N) is 1. The number of pyridine rings is 1. The molecule has 0 saturated heterocycles. The molecular weight excluding hydrogens is 439 g/mol. The number of aryl methyl sites for hydroxylation is 1. The Morgan fingerprint density at radius 3 is 2.54 bits per heavy atom. The van der Waals surface area contributed by atoms with Crippen molar-refractivity contribution in [3.63, 3.8) is 0 Å². The first kappa shape index (κ1) is 21.0. The van der Waals surface area contributed by atoms with Crippen LogP contribution in [0.5, 0.6) is 0 Å². The molecule has 0 spiro atoms. The van der Waals surface area contributed by atoms with Crippen LogP contribution in [0.3, 0.4) is 0 Å². The number of halogens is 1. The molecule has 0 bridgehead atoms. The average molecular weight is 461 g/mol. The Morgan fingerprint density at radius 2 is 1.74 bits per heavy atom. The summed E-state index contributed by atoms with van der Waals surface area (Å²) in [4.78, 5) is 25.3. The highest BCUT2D eigenvalue weighted by Crippen LogP contribution is 2.28. The largest absolute Gasteiger partial charge is 0.360 e. The van der Waals surface area contributed by atoms with Crippen molar-refractivity contribution in [2.24, 2.45) is 0 Å². The maximum atomic E-state index is 13.3. The predicted molar refractivity (Wildman–Crippen MR) is 135 cm³/mol. The second-order valence-electron chi connectivity index (χ2n) is 8.61. The first-order valence-corrected chi connectivity index (χ1v) is 11.3. The van der Waals surface area contributed by atoms with Gasteiger partial charge < -0.3 is 9.55 Å². The monoisotopic (exact) mass is 460 g/mol. The minimum absolute atomic E-state index is 0.0363. The summed E-state index contributed by atoms with van der Waals surface area (Å²) in [6.07, 6.45) is 5.32. The third-order valence-corrected chi connectivity index (χ3v) is 6.40. The lowest BCUT2D eigenvalue weighted by Crippen LogP contribution is -2.04. The second-order valence-corrected chi connectivity index (χ2v) is 8.61. The summed E-state index contributed by atoms with van der Waals surface area (Å²) < 4.78 is 15.4. The van der Waals surface area contributed by atoms with Crippen LogP contribution in [0.4, 0.5) is 4.39 Å². The van der Waals surface area contributed by atoms with Gasteiger partial charge in [0.1, 0.15) is 11.6 Å². The molecule has 3 aromatic carbocycles. The molecule has 6 heteroatoms. The van der Waals surface area contributed by atoms with Crippen LogP contribution in [0, 0.1) is 12.7 Å². The van der Waals surface area contributed by atoms with Crippen LogP contribution in [0.2, 0.25) is 0 Å². The molecule has 0 atom stereocenters. The summed E-state index contributed by atoms with van der Waals surface area (Å²) >= 11 is 0. The molecule has 6 aromatic rings. The van der Waals surface area contributed by atoms with Crippen LogP contribution in [-0.2, 0) is 6.54 Å². The van der Waals surface area contributed by atoms with Crippen LogP contribution in [-0.4, -0.2) is 25.3 Å². The summed E-state index contributed by atoms with van der Waals surface area (Å²) in [5.41, 5.74) is 6.99. The first-order valence-electron chi connectivity index (χ1n) is 11.3. The number of aromatic amines is 1. The van der Waals surface area contributed by atoms with Gasteiger partial charge in [-0.3, -0.25) is 9.78 Å². The minimum Gasteiger partial charge on any atom is -0.360 e. The van der Waals surface area contributed by atoms with E-state index in [0.29, 0.717) is 17.7 Å². The van der Waals surface area contributed by atoms with Crippen LogP contribution in [0.25, 0.3) is 33.1 Å². The summed E-state index contributed by atoms with van der Waals surface area (Å²) in [7, 11) is 0. The zero-order valence-electron chi connectivity index (χ0n) is 19.0. The van der Waals surface area contributed by atoms with E-state index in [0.717, 1.165) is 44.5 Å². The van der Waals surface area contributed by atoms with Gasteiger partial charge in [0.2, 0.25) is 0 Å². The van der Waals surface area contributed by atoms with Gasteiger partial charge in [0, 0.05) is 41.0 Å². The number of carbonyl (C=O) groups is 1. The fraction of sp³-hybridized carbons (Fsp3) is 0.0690. The smallest absolute Gasteiger partial charge is 0.195 e. The van der Waals surface area contributed by atoms with E-state index in [9.17, 15) is 9.18 Å². The molecule has 0 fully saturated rings. The third kappa shape index (κ3) is 3.79. The highest BCUT2D eigenvalue weighted by atomic mass is 19.1. The molecule has 5 nitrogen and oxygen atoms in total. The van der Waals surface area contributed by atoms with Crippen molar-refractivity contribution in [1.82, 2.24) is 19.5 Å². The van der Waals surface area contributed by atoms with E-state index in [1.54, 1.807) is 24.5 Å². The van der Waals surface area contributed by atoms with E-state index in [4.69, 9.17) is 0 Å². The molecule has 0 aliphatic rings. The Bertz CT molecular complexity index is 1700. The van der Waals surface area contributed by atoms with Crippen molar-refractivity contribution in [3.05, 3.63) is 120 Å². The van der Waals surface area contributed by atoms with Crippen LogP contribution in [0.15, 0.2) is 91.4 Å². The van der Waals surface area contributed by atoms with Gasteiger partial charge in [-0.2, -0.15) is 0 Å². The lowest BCUT2D eigenvalue weighted by Gasteiger charge is -2.08. The zero-order valence-corrected chi connectivity index (χ0v) is 19.0. The van der Waals surface area contributed by atoms with Crippen molar-refractivity contribution in [3.8, 4) is 11.1 Å². The van der Waals surface area contributed by atoms with Crippen LogP contribution < -0.4 is 0 Å². The number of rotatable bonds is 5. The summed E-state index contributed by atoms with van der Waals surface area (Å²) in [5, 5.41) is 0.859. The second kappa shape index (κ2) is 8.33. The fourth-order valence-electron chi connectivity index (χ4n) is 4.53. The third-order valence-electron chi connectivity index (χ3n) is 6.40.